The number of rotatable bonds is 4. The quantitative estimate of drug-likeness (QED) is 0.760. The summed E-state index contributed by atoms with van der Waals surface area (Å²) in [5.74, 6) is 0.365. The molecule has 1 aliphatic rings. The van der Waals surface area contributed by atoms with Crippen LogP contribution in [0.3, 0.4) is 0 Å². The van der Waals surface area contributed by atoms with Crippen LogP contribution in [0, 0.1) is 18.3 Å². The molecule has 0 saturated carbocycles. The van der Waals surface area contributed by atoms with Gasteiger partial charge < -0.3 is 15.2 Å². The van der Waals surface area contributed by atoms with Gasteiger partial charge in [0.25, 0.3) is 0 Å². The largest absolute Gasteiger partial charge is 0.493 e. The highest BCUT2D eigenvalue weighted by Gasteiger charge is 2.33. The zero-order chi connectivity index (χ0) is 18.8. The lowest BCUT2D eigenvalue weighted by Crippen LogP contribution is -2.22. The second-order valence-electron chi connectivity index (χ2n) is 6.06. The number of ketones is 1. The van der Waals surface area contributed by atoms with E-state index in [0.717, 1.165) is 10.0 Å². The van der Waals surface area contributed by atoms with E-state index in [9.17, 15) is 10.1 Å². The van der Waals surface area contributed by atoms with E-state index < -0.39 is 5.92 Å². The molecule has 1 heterocycles. The Kier molecular flexibility index (Phi) is 5.01. The molecule has 2 N–H and O–H groups in total. The van der Waals surface area contributed by atoms with E-state index in [1.54, 1.807) is 18.2 Å². The third-order valence-corrected chi connectivity index (χ3v) is 4.81. The maximum absolute atomic E-state index is 12.8. The topological polar surface area (TPSA) is 85.3 Å². The highest BCUT2D eigenvalue weighted by Crippen LogP contribution is 2.46. The number of benzene rings is 2. The molecule has 2 aromatic rings. The number of allylic oxidation sites excluding steroid dienone is 1. The predicted molar refractivity (Wildman–Crippen MR) is 101 cm³/mol. The van der Waals surface area contributed by atoms with Crippen molar-refractivity contribution in [3.63, 3.8) is 0 Å². The zero-order valence-electron chi connectivity index (χ0n) is 14.4. The van der Waals surface area contributed by atoms with Gasteiger partial charge in [-0.15, -0.1) is 0 Å². The molecule has 0 fully saturated rings. The molecule has 5 nitrogen and oxygen atoms in total. The predicted octanol–water partition coefficient (Wildman–Crippen LogP) is 4.21. The summed E-state index contributed by atoms with van der Waals surface area (Å²) in [6, 6.07) is 13.0. The van der Waals surface area contributed by atoms with Crippen molar-refractivity contribution < 1.29 is 14.3 Å². The van der Waals surface area contributed by atoms with E-state index in [2.05, 4.69) is 22.0 Å². The molecule has 26 heavy (non-hydrogen) atoms. The molecular formula is C20H17BrN2O3. The van der Waals surface area contributed by atoms with Crippen molar-refractivity contribution >= 4 is 21.7 Å². The third-order valence-electron chi connectivity index (χ3n) is 4.35. The number of ether oxygens (including phenoxy) is 2. The summed E-state index contributed by atoms with van der Waals surface area (Å²) in [7, 11) is 1.53. The van der Waals surface area contributed by atoms with Crippen LogP contribution >= 0.6 is 15.9 Å². The van der Waals surface area contributed by atoms with Crippen LogP contribution in [0.15, 0.2) is 52.3 Å². The number of Topliss-reactive ketones (excluding diaryl/α,β-unsaturated/α-hetero) is 1. The summed E-state index contributed by atoms with van der Waals surface area (Å²) in [5, 5.41) is 9.55. The molecule has 0 spiro atoms. The minimum Gasteiger partial charge on any atom is -0.493 e. The van der Waals surface area contributed by atoms with E-state index in [1.807, 2.05) is 25.1 Å². The Bertz CT molecular complexity index is 943. The molecule has 1 atom stereocenters. The lowest BCUT2D eigenvalue weighted by Gasteiger charge is -2.27. The van der Waals surface area contributed by atoms with Gasteiger partial charge in [0.1, 0.15) is 6.07 Å². The van der Waals surface area contributed by atoms with Crippen molar-refractivity contribution in [3.05, 3.63) is 69.0 Å². The first-order valence-corrected chi connectivity index (χ1v) is 8.78. The molecule has 0 saturated heterocycles. The van der Waals surface area contributed by atoms with Gasteiger partial charge in [-0.25, -0.2) is 0 Å². The Balaban J connectivity index is 2.05. The van der Waals surface area contributed by atoms with Crippen LogP contribution < -0.4 is 15.2 Å². The number of hydrogen-bond acceptors (Lipinski definition) is 5. The highest BCUT2D eigenvalue weighted by molar-refractivity contribution is 9.10. The summed E-state index contributed by atoms with van der Waals surface area (Å²) in [5.41, 5.74) is 8.57. The van der Waals surface area contributed by atoms with Crippen molar-refractivity contribution in [2.75, 3.05) is 7.11 Å². The van der Waals surface area contributed by atoms with Crippen molar-refractivity contribution in [3.8, 4) is 17.6 Å². The molecule has 2 aromatic carbocycles. The molecule has 1 unspecified atom stereocenters. The number of nitriles is 1. The van der Waals surface area contributed by atoms with Gasteiger partial charge in [-0.1, -0.05) is 45.8 Å². The molecule has 1 aliphatic heterocycles. The van der Waals surface area contributed by atoms with Gasteiger partial charge in [0.05, 0.1) is 12.7 Å². The smallest absolute Gasteiger partial charge is 0.205 e. The molecule has 0 bridgehead atoms. The van der Waals surface area contributed by atoms with Crippen molar-refractivity contribution in [2.45, 2.75) is 19.3 Å². The lowest BCUT2D eigenvalue weighted by atomic mass is 9.84. The zero-order valence-corrected chi connectivity index (χ0v) is 16.0. The summed E-state index contributed by atoms with van der Waals surface area (Å²) < 4.78 is 11.8. The second-order valence-corrected chi connectivity index (χ2v) is 6.98. The Labute approximate surface area is 160 Å². The fourth-order valence-electron chi connectivity index (χ4n) is 2.99. The summed E-state index contributed by atoms with van der Waals surface area (Å²) >= 11 is 3.43. The number of nitrogens with zero attached hydrogens (tertiary/aromatic N) is 1. The average molecular weight is 413 g/mol. The van der Waals surface area contributed by atoms with Gasteiger partial charge in [-0.05, 0) is 19.1 Å². The van der Waals surface area contributed by atoms with E-state index >= 15 is 0 Å². The van der Waals surface area contributed by atoms with Gasteiger partial charge in [-0.2, -0.15) is 5.26 Å². The van der Waals surface area contributed by atoms with Gasteiger partial charge in [0, 0.05) is 27.9 Å². The maximum Gasteiger partial charge on any atom is 0.205 e. The normalized spacial score (nSPS) is 15.7. The van der Waals surface area contributed by atoms with Crippen molar-refractivity contribution in [2.24, 2.45) is 5.73 Å². The minimum atomic E-state index is -0.496. The van der Waals surface area contributed by atoms with Gasteiger partial charge >= 0.3 is 0 Å². The number of halogens is 1. The minimum absolute atomic E-state index is 0.00216. The Morgan fingerprint density at radius 1 is 1.35 bits per heavy atom. The molecule has 6 heteroatoms. The van der Waals surface area contributed by atoms with Gasteiger partial charge in [0.15, 0.2) is 17.3 Å². The molecular weight excluding hydrogens is 396 g/mol. The summed E-state index contributed by atoms with van der Waals surface area (Å²) in [4.78, 5) is 12.8. The standard InChI is InChI=1S/C20H17BrN2O3/c1-11-3-5-12(6-4-11)17(24)9-14-15-7-13(21)8-18(25-2)19(15)26-20(23)16(14)10-22/h3-8,14H,9,23H2,1-2H3. The number of hydrogen-bond donors (Lipinski definition) is 1. The fraction of sp³-hybridized carbons (Fsp3) is 0.200. The number of carbonyl (C=O) groups is 1. The first-order chi connectivity index (χ1) is 12.4. The van der Waals surface area contributed by atoms with Crippen LogP contribution in [0.25, 0.3) is 0 Å². The van der Waals surface area contributed by atoms with Gasteiger partial charge in [0.2, 0.25) is 5.88 Å². The van der Waals surface area contributed by atoms with Crippen LogP contribution in [0.1, 0.15) is 33.8 Å². The molecule has 3 rings (SSSR count). The number of carbonyl (C=O) groups excluding carboxylic acids is 1. The van der Waals surface area contributed by atoms with E-state index in [4.69, 9.17) is 15.2 Å². The Morgan fingerprint density at radius 3 is 2.65 bits per heavy atom. The number of aryl methyl sites for hydroxylation is 1. The Hall–Kier alpha value is -2.78. The number of nitrogens with two attached hydrogens (primary N) is 1. The SMILES string of the molecule is COc1cc(Br)cc2c1OC(N)=C(C#N)C2CC(=O)c1ccc(C)cc1. The second kappa shape index (κ2) is 7.22. The lowest BCUT2D eigenvalue weighted by molar-refractivity contribution is 0.0976. The van der Waals surface area contributed by atoms with E-state index in [1.165, 1.54) is 7.11 Å². The molecule has 132 valence electrons. The van der Waals surface area contributed by atoms with Crippen molar-refractivity contribution in [1.29, 1.82) is 5.26 Å². The van der Waals surface area contributed by atoms with Crippen LogP contribution in [-0.4, -0.2) is 12.9 Å². The maximum atomic E-state index is 12.8. The highest BCUT2D eigenvalue weighted by atomic mass is 79.9. The number of fused-ring (bicyclic) bond motifs is 1. The average Bonchev–Trinajstić information content (AvgIpc) is 2.62. The van der Waals surface area contributed by atoms with Crippen LogP contribution in [0.2, 0.25) is 0 Å². The molecule has 0 aliphatic carbocycles. The summed E-state index contributed by atoms with van der Waals surface area (Å²) in [6.07, 6.45) is 0.114. The van der Waals surface area contributed by atoms with Crippen LogP contribution in [0.5, 0.6) is 11.5 Å². The first-order valence-electron chi connectivity index (χ1n) is 7.99. The summed E-state index contributed by atoms with van der Waals surface area (Å²) in [6.45, 7) is 1.96. The first kappa shape index (κ1) is 18.0. The molecule has 0 radical (unpaired) electrons. The van der Waals surface area contributed by atoms with E-state index in [-0.39, 0.29) is 23.7 Å². The Morgan fingerprint density at radius 2 is 2.04 bits per heavy atom. The van der Waals surface area contributed by atoms with Crippen LogP contribution in [0.4, 0.5) is 0 Å². The van der Waals surface area contributed by atoms with E-state index in [0.29, 0.717) is 22.6 Å². The van der Waals surface area contributed by atoms with Crippen molar-refractivity contribution in [1.82, 2.24) is 0 Å². The van der Waals surface area contributed by atoms with Gasteiger partial charge in [-0.3, -0.25) is 4.79 Å². The third kappa shape index (κ3) is 3.31. The number of methoxy groups -OCH3 is 1. The monoisotopic (exact) mass is 412 g/mol. The molecule has 0 aromatic heterocycles. The molecule has 0 amide bonds. The van der Waals surface area contributed by atoms with Crippen LogP contribution in [-0.2, 0) is 0 Å². The fourth-order valence-corrected chi connectivity index (χ4v) is 3.44.